The van der Waals surface area contributed by atoms with E-state index in [0.29, 0.717) is 0 Å². The van der Waals surface area contributed by atoms with Crippen LogP contribution in [0.1, 0.15) is 5.56 Å². The van der Waals surface area contributed by atoms with Gasteiger partial charge in [-0.15, -0.1) is 11.8 Å². The predicted molar refractivity (Wildman–Crippen MR) is 51.3 cm³/mol. The summed E-state index contributed by atoms with van der Waals surface area (Å²) in [6.45, 7) is 0. The quantitative estimate of drug-likeness (QED) is 0.593. The summed E-state index contributed by atoms with van der Waals surface area (Å²) in [5, 5.41) is 7.97. The van der Waals surface area contributed by atoms with E-state index in [4.69, 9.17) is 5.26 Å². The average molecular weight is 198 g/mol. The second-order valence-corrected chi connectivity index (χ2v) is 3.43. The Morgan fingerprint density at radius 1 is 1.38 bits per heavy atom. The molecule has 4 heteroatoms. The van der Waals surface area contributed by atoms with Crippen LogP contribution in [0, 0.1) is 0 Å². The van der Waals surface area contributed by atoms with Gasteiger partial charge in [-0.2, -0.15) is 5.26 Å². The van der Waals surface area contributed by atoms with E-state index in [1.54, 1.807) is 0 Å². The predicted octanol–water partition coefficient (Wildman–Crippen LogP) is 1.94. The molecule has 0 bridgehead atoms. The maximum Gasteiger partial charge on any atom is 0.351 e. The van der Waals surface area contributed by atoms with Gasteiger partial charge in [0.1, 0.15) is 0 Å². The standard InChI is InChI=1S/C9H10O3S/c10-9(12-11)7-13-6-8-4-2-1-3-5-8/h1-5,11H,6-7H2. The van der Waals surface area contributed by atoms with Gasteiger partial charge < -0.3 is 4.89 Å². The van der Waals surface area contributed by atoms with Gasteiger partial charge in [-0.3, -0.25) is 0 Å². The maximum absolute atomic E-state index is 10.5. The van der Waals surface area contributed by atoms with Gasteiger partial charge >= 0.3 is 5.97 Å². The fraction of sp³-hybridized carbons (Fsp3) is 0.222. The molecule has 0 saturated heterocycles. The molecule has 0 aromatic heterocycles. The van der Waals surface area contributed by atoms with Crippen LogP contribution < -0.4 is 0 Å². The first-order valence-electron chi connectivity index (χ1n) is 3.79. The van der Waals surface area contributed by atoms with E-state index in [1.165, 1.54) is 11.8 Å². The van der Waals surface area contributed by atoms with Crippen molar-refractivity contribution in [2.45, 2.75) is 5.75 Å². The summed E-state index contributed by atoms with van der Waals surface area (Å²) in [6.07, 6.45) is 0. The summed E-state index contributed by atoms with van der Waals surface area (Å²) in [6, 6.07) is 9.80. The van der Waals surface area contributed by atoms with Gasteiger partial charge in [-0.1, -0.05) is 30.3 Å². The van der Waals surface area contributed by atoms with Crippen LogP contribution in [0.15, 0.2) is 30.3 Å². The molecule has 0 saturated carbocycles. The second kappa shape index (κ2) is 5.61. The van der Waals surface area contributed by atoms with Crippen LogP contribution in [0.5, 0.6) is 0 Å². The Kier molecular flexibility index (Phi) is 4.35. The zero-order valence-electron chi connectivity index (χ0n) is 6.97. The lowest BCUT2D eigenvalue weighted by molar-refractivity contribution is -0.230. The first-order chi connectivity index (χ1) is 6.33. The van der Waals surface area contributed by atoms with Crippen molar-refractivity contribution in [2.24, 2.45) is 0 Å². The third-order valence-electron chi connectivity index (χ3n) is 1.43. The molecule has 0 aliphatic rings. The highest BCUT2D eigenvalue weighted by atomic mass is 32.2. The van der Waals surface area contributed by atoms with E-state index in [1.807, 2.05) is 30.3 Å². The van der Waals surface area contributed by atoms with E-state index in [2.05, 4.69) is 4.89 Å². The van der Waals surface area contributed by atoms with Gasteiger partial charge in [-0.05, 0) is 5.56 Å². The van der Waals surface area contributed by atoms with Gasteiger partial charge in [0.2, 0.25) is 0 Å². The van der Waals surface area contributed by atoms with Crippen molar-refractivity contribution in [3.05, 3.63) is 35.9 Å². The van der Waals surface area contributed by atoms with Gasteiger partial charge in [0.15, 0.2) is 0 Å². The molecule has 13 heavy (non-hydrogen) atoms. The maximum atomic E-state index is 10.5. The lowest BCUT2D eigenvalue weighted by Crippen LogP contribution is -2.03. The molecule has 1 N–H and O–H groups in total. The third-order valence-corrected chi connectivity index (χ3v) is 2.41. The molecule has 0 aliphatic carbocycles. The molecule has 70 valence electrons. The molecule has 0 atom stereocenters. The van der Waals surface area contributed by atoms with Gasteiger partial charge in [0, 0.05) is 5.75 Å². The molecule has 0 radical (unpaired) electrons. The Morgan fingerprint density at radius 3 is 2.69 bits per heavy atom. The van der Waals surface area contributed by atoms with Crippen LogP contribution in [0.4, 0.5) is 0 Å². The molecule has 0 unspecified atom stereocenters. The van der Waals surface area contributed by atoms with Crippen LogP contribution in [-0.2, 0) is 15.4 Å². The number of thioether (sulfide) groups is 1. The highest BCUT2D eigenvalue weighted by Crippen LogP contribution is 2.11. The molecule has 0 amide bonds. The topological polar surface area (TPSA) is 46.5 Å². The molecule has 0 fully saturated rings. The Labute approximate surface area is 80.6 Å². The third kappa shape index (κ3) is 3.96. The van der Waals surface area contributed by atoms with Crippen molar-refractivity contribution in [1.29, 1.82) is 0 Å². The molecule has 1 aromatic rings. The highest BCUT2D eigenvalue weighted by Gasteiger charge is 2.01. The molecule has 1 aromatic carbocycles. The SMILES string of the molecule is O=C(CSCc1ccccc1)OO. The molecular weight excluding hydrogens is 188 g/mol. The molecule has 0 heterocycles. The first-order valence-corrected chi connectivity index (χ1v) is 4.94. The lowest BCUT2D eigenvalue weighted by atomic mass is 10.2. The number of carbonyl (C=O) groups is 1. The summed E-state index contributed by atoms with van der Waals surface area (Å²) >= 11 is 1.40. The molecule has 1 rings (SSSR count). The zero-order valence-corrected chi connectivity index (χ0v) is 7.79. The van der Waals surface area contributed by atoms with Crippen molar-refractivity contribution < 1.29 is 14.9 Å². The minimum Gasteiger partial charge on any atom is -0.300 e. The van der Waals surface area contributed by atoms with Crippen LogP contribution in [0.2, 0.25) is 0 Å². The second-order valence-electron chi connectivity index (χ2n) is 2.44. The van der Waals surface area contributed by atoms with E-state index in [9.17, 15) is 4.79 Å². The summed E-state index contributed by atoms with van der Waals surface area (Å²) in [7, 11) is 0. The average Bonchev–Trinajstić information content (AvgIpc) is 2.19. The number of hydrogen-bond donors (Lipinski definition) is 1. The number of carbonyl (C=O) groups excluding carboxylic acids is 1. The Bertz CT molecular complexity index is 261. The van der Waals surface area contributed by atoms with Crippen molar-refractivity contribution >= 4 is 17.7 Å². The number of hydrogen-bond acceptors (Lipinski definition) is 4. The molecular formula is C9H10O3S. The smallest absolute Gasteiger partial charge is 0.300 e. The highest BCUT2D eigenvalue weighted by molar-refractivity contribution is 7.99. The fourth-order valence-electron chi connectivity index (χ4n) is 0.853. The monoisotopic (exact) mass is 198 g/mol. The first kappa shape index (κ1) is 10.1. The molecule has 0 spiro atoms. The zero-order chi connectivity index (χ0) is 9.52. The van der Waals surface area contributed by atoms with Crippen molar-refractivity contribution in [3.8, 4) is 0 Å². The van der Waals surface area contributed by atoms with E-state index < -0.39 is 5.97 Å². The van der Waals surface area contributed by atoms with Gasteiger partial charge in [0.25, 0.3) is 0 Å². The summed E-state index contributed by atoms with van der Waals surface area (Å²) in [4.78, 5) is 14.0. The van der Waals surface area contributed by atoms with Gasteiger partial charge in [0.05, 0.1) is 5.75 Å². The summed E-state index contributed by atoms with van der Waals surface area (Å²) in [5.41, 5.74) is 1.15. The van der Waals surface area contributed by atoms with Crippen molar-refractivity contribution in [1.82, 2.24) is 0 Å². The number of benzene rings is 1. The summed E-state index contributed by atoms with van der Waals surface area (Å²) < 4.78 is 0. The molecule has 0 aliphatic heterocycles. The lowest BCUT2D eigenvalue weighted by Gasteiger charge is -1.98. The van der Waals surface area contributed by atoms with Crippen LogP contribution in [-0.4, -0.2) is 17.0 Å². The largest absolute Gasteiger partial charge is 0.351 e. The van der Waals surface area contributed by atoms with Crippen molar-refractivity contribution in [2.75, 3.05) is 5.75 Å². The van der Waals surface area contributed by atoms with E-state index in [-0.39, 0.29) is 5.75 Å². The van der Waals surface area contributed by atoms with Crippen LogP contribution >= 0.6 is 11.8 Å². The van der Waals surface area contributed by atoms with E-state index >= 15 is 0 Å². The minimum absolute atomic E-state index is 0.172. The van der Waals surface area contributed by atoms with E-state index in [0.717, 1.165) is 11.3 Å². The normalized spacial score (nSPS) is 9.62. The summed E-state index contributed by atoms with van der Waals surface area (Å²) in [5.74, 6) is 0.308. The number of rotatable bonds is 4. The Morgan fingerprint density at radius 2 is 2.08 bits per heavy atom. The Hall–Kier alpha value is -1.00. The molecule has 3 nitrogen and oxygen atoms in total. The fourth-order valence-corrected chi connectivity index (χ4v) is 1.60. The van der Waals surface area contributed by atoms with Crippen LogP contribution in [0.3, 0.4) is 0 Å². The minimum atomic E-state index is -0.610. The van der Waals surface area contributed by atoms with Gasteiger partial charge in [-0.25, -0.2) is 4.79 Å². The van der Waals surface area contributed by atoms with Crippen molar-refractivity contribution in [3.63, 3.8) is 0 Å². The Balaban J connectivity index is 2.24. The van der Waals surface area contributed by atoms with Crippen LogP contribution in [0.25, 0.3) is 0 Å².